The van der Waals surface area contributed by atoms with E-state index >= 15 is 0 Å². The van der Waals surface area contributed by atoms with E-state index in [1.54, 1.807) is 0 Å². The smallest absolute Gasteiger partial charge is 0.132 e. The van der Waals surface area contributed by atoms with Crippen molar-refractivity contribution < 1.29 is 0 Å². The fourth-order valence-corrected chi connectivity index (χ4v) is 3.29. The molecule has 0 aromatic carbocycles. The Labute approximate surface area is 129 Å². The second kappa shape index (κ2) is 7.62. The Hall–Kier alpha value is -1.32. The molecule has 2 N–H and O–H groups in total. The number of rotatable bonds is 7. The van der Waals surface area contributed by atoms with Gasteiger partial charge in [-0.1, -0.05) is 34.1 Å². The third-order valence-electron chi connectivity index (χ3n) is 4.73. The summed E-state index contributed by atoms with van der Waals surface area (Å²) < 4.78 is 0. The zero-order valence-corrected chi connectivity index (χ0v) is 13.9. The molecule has 1 aliphatic rings. The molecular formula is C17H30N4. The van der Waals surface area contributed by atoms with Crippen molar-refractivity contribution in [2.24, 2.45) is 11.8 Å². The van der Waals surface area contributed by atoms with E-state index in [2.05, 4.69) is 54.4 Å². The highest BCUT2D eigenvalue weighted by molar-refractivity contribution is 5.48. The maximum Gasteiger partial charge on any atom is 0.132 e. The molecule has 0 amide bonds. The molecule has 118 valence electrons. The van der Waals surface area contributed by atoms with Crippen LogP contribution < -0.4 is 10.6 Å². The van der Waals surface area contributed by atoms with Crippen molar-refractivity contribution in [1.82, 2.24) is 9.97 Å². The van der Waals surface area contributed by atoms with Crippen LogP contribution in [0.4, 0.5) is 11.6 Å². The molecule has 0 bridgehead atoms. The van der Waals surface area contributed by atoms with Gasteiger partial charge in [-0.3, -0.25) is 0 Å². The molecule has 0 aliphatic heterocycles. The summed E-state index contributed by atoms with van der Waals surface area (Å²) >= 11 is 0. The number of hydrogen-bond donors (Lipinski definition) is 2. The van der Waals surface area contributed by atoms with Gasteiger partial charge in [0.25, 0.3) is 0 Å². The van der Waals surface area contributed by atoms with Gasteiger partial charge in [-0.25, -0.2) is 9.97 Å². The van der Waals surface area contributed by atoms with Gasteiger partial charge in [0.15, 0.2) is 0 Å². The molecule has 21 heavy (non-hydrogen) atoms. The summed E-state index contributed by atoms with van der Waals surface area (Å²) in [5.41, 5.74) is 0. The van der Waals surface area contributed by atoms with Gasteiger partial charge in [-0.15, -0.1) is 0 Å². The standard InChI is InChI=1S/C17H30N4/c1-5-10-18-16-11-17(21-15(7-3)20-16)19-14-9-8-13(6-2)12(14)4/h11-14H,5-10H2,1-4H3,(H2,18,19,20,21). The van der Waals surface area contributed by atoms with Crippen LogP contribution in [-0.4, -0.2) is 22.6 Å². The van der Waals surface area contributed by atoms with Gasteiger partial charge >= 0.3 is 0 Å². The van der Waals surface area contributed by atoms with E-state index in [9.17, 15) is 0 Å². The van der Waals surface area contributed by atoms with Crippen molar-refractivity contribution in [2.75, 3.05) is 17.2 Å². The second-order valence-electron chi connectivity index (χ2n) is 6.19. The van der Waals surface area contributed by atoms with E-state index in [1.165, 1.54) is 19.3 Å². The molecule has 4 nitrogen and oxygen atoms in total. The lowest BCUT2D eigenvalue weighted by Gasteiger charge is -2.22. The molecule has 1 saturated carbocycles. The number of nitrogens with zero attached hydrogens (tertiary/aromatic N) is 2. The third-order valence-corrected chi connectivity index (χ3v) is 4.73. The normalized spacial score (nSPS) is 25.0. The number of hydrogen-bond acceptors (Lipinski definition) is 4. The monoisotopic (exact) mass is 290 g/mol. The van der Waals surface area contributed by atoms with Gasteiger partial charge in [0.05, 0.1) is 0 Å². The fraction of sp³-hybridized carbons (Fsp3) is 0.765. The van der Waals surface area contributed by atoms with E-state index in [0.717, 1.165) is 48.7 Å². The number of anilines is 2. The molecule has 1 fully saturated rings. The lowest BCUT2D eigenvalue weighted by molar-refractivity contribution is 0.391. The third kappa shape index (κ3) is 4.08. The Morgan fingerprint density at radius 3 is 2.52 bits per heavy atom. The topological polar surface area (TPSA) is 49.8 Å². The first kappa shape index (κ1) is 16.1. The Morgan fingerprint density at radius 1 is 1.14 bits per heavy atom. The fourth-order valence-electron chi connectivity index (χ4n) is 3.29. The number of aromatic nitrogens is 2. The van der Waals surface area contributed by atoms with Crippen molar-refractivity contribution in [3.63, 3.8) is 0 Å². The zero-order chi connectivity index (χ0) is 15.2. The van der Waals surface area contributed by atoms with Crippen molar-refractivity contribution in [1.29, 1.82) is 0 Å². The molecule has 1 aliphatic carbocycles. The lowest BCUT2D eigenvalue weighted by Crippen LogP contribution is -2.25. The first-order valence-electron chi connectivity index (χ1n) is 8.56. The van der Waals surface area contributed by atoms with Crippen LogP contribution in [0, 0.1) is 11.8 Å². The summed E-state index contributed by atoms with van der Waals surface area (Å²) in [4.78, 5) is 9.20. The van der Waals surface area contributed by atoms with Crippen LogP contribution in [0.5, 0.6) is 0 Å². The van der Waals surface area contributed by atoms with E-state index in [0.29, 0.717) is 6.04 Å². The number of aryl methyl sites for hydroxylation is 1. The molecular weight excluding hydrogens is 260 g/mol. The first-order valence-corrected chi connectivity index (χ1v) is 8.56. The van der Waals surface area contributed by atoms with Gasteiger partial charge in [-0.2, -0.15) is 0 Å². The highest BCUT2D eigenvalue weighted by Crippen LogP contribution is 2.35. The van der Waals surface area contributed by atoms with E-state index in [4.69, 9.17) is 0 Å². The quantitative estimate of drug-likeness (QED) is 0.794. The van der Waals surface area contributed by atoms with Crippen LogP contribution in [0.3, 0.4) is 0 Å². The Morgan fingerprint density at radius 2 is 1.90 bits per heavy atom. The first-order chi connectivity index (χ1) is 10.2. The molecule has 1 aromatic rings. The summed E-state index contributed by atoms with van der Waals surface area (Å²) in [6.07, 6.45) is 5.84. The van der Waals surface area contributed by atoms with Crippen LogP contribution in [0.1, 0.15) is 59.2 Å². The minimum Gasteiger partial charge on any atom is -0.370 e. The van der Waals surface area contributed by atoms with Crippen molar-refractivity contribution >= 4 is 11.6 Å². The van der Waals surface area contributed by atoms with Crippen molar-refractivity contribution in [3.05, 3.63) is 11.9 Å². The van der Waals surface area contributed by atoms with Gasteiger partial charge < -0.3 is 10.6 Å². The predicted molar refractivity (Wildman–Crippen MR) is 89.8 cm³/mol. The summed E-state index contributed by atoms with van der Waals surface area (Å²) in [5.74, 6) is 4.42. The largest absolute Gasteiger partial charge is 0.370 e. The Bertz CT molecular complexity index is 446. The molecule has 0 saturated heterocycles. The highest BCUT2D eigenvalue weighted by atomic mass is 15.1. The SMILES string of the molecule is CCCNc1cc(NC2CCC(CC)C2C)nc(CC)n1. The summed E-state index contributed by atoms with van der Waals surface area (Å²) in [6.45, 7) is 9.90. The van der Waals surface area contributed by atoms with Gasteiger partial charge in [-0.05, 0) is 31.1 Å². The van der Waals surface area contributed by atoms with Crippen LogP contribution >= 0.6 is 0 Å². The second-order valence-corrected chi connectivity index (χ2v) is 6.19. The zero-order valence-electron chi connectivity index (χ0n) is 13.9. The molecule has 2 rings (SSSR count). The summed E-state index contributed by atoms with van der Waals surface area (Å²) in [7, 11) is 0. The minimum absolute atomic E-state index is 0.550. The van der Waals surface area contributed by atoms with Crippen LogP contribution in [-0.2, 0) is 6.42 Å². The minimum atomic E-state index is 0.550. The molecule has 0 radical (unpaired) electrons. The predicted octanol–water partition coefficient (Wildman–Crippen LogP) is 4.10. The molecule has 1 aromatic heterocycles. The van der Waals surface area contributed by atoms with Crippen LogP contribution in [0.2, 0.25) is 0 Å². The molecule has 3 unspecified atom stereocenters. The van der Waals surface area contributed by atoms with E-state index < -0.39 is 0 Å². The Kier molecular flexibility index (Phi) is 5.83. The average Bonchev–Trinajstić information content (AvgIpc) is 2.85. The van der Waals surface area contributed by atoms with E-state index in [-0.39, 0.29) is 0 Å². The van der Waals surface area contributed by atoms with Gasteiger partial charge in [0.1, 0.15) is 17.5 Å². The molecule has 0 spiro atoms. The number of nitrogens with one attached hydrogen (secondary N) is 2. The van der Waals surface area contributed by atoms with Crippen LogP contribution in [0.15, 0.2) is 6.07 Å². The Balaban J connectivity index is 2.08. The van der Waals surface area contributed by atoms with Gasteiger partial charge in [0, 0.05) is 25.1 Å². The van der Waals surface area contributed by atoms with Crippen LogP contribution in [0.25, 0.3) is 0 Å². The summed E-state index contributed by atoms with van der Waals surface area (Å²) in [5, 5.41) is 7.03. The average molecular weight is 290 g/mol. The lowest BCUT2D eigenvalue weighted by atomic mass is 9.93. The van der Waals surface area contributed by atoms with Gasteiger partial charge in [0.2, 0.25) is 0 Å². The van der Waals surface area contributed by atoms with Crippen molar-refractivity contribution in [2.45, 2.75) is 65.8 Å². The molecule has 4 heteroatoms. The maximum atomic E-state index is 4.65. The maximum absolute atomic E-state index is 4.65. The van der Waals surface area contributed by atoms with Crippen molar-refractivity contribution in [3.8, 4) is 0 Å². The molecule has 3 atom stereocenters. The van der Waals surface area contributed by atoms with E-state index in [1.807, 2.05) is 0 Å². The summed E-state index contributed by atoms with van der Waals surface area (Å²) in [6, 6.07) is 2.61. The highest BCUT2D eigenvalue weighted by Gasteiger charge is 2.31. The molecule has 1 heterocycles.